The highest BCUT2D eigenvalue weighted by Gasteiger charge is 2.47. The molecular weight excluding hydrogens is 251 g/mol. The maximum absolute atomic E-state index is 11.5. The summed E-state index contributed by atoms with van der Waals surface area (Å²) in [5, 5.41) is 3.22. The van der Waals surface area contributed by atoms with Gasteiger partial charge in [0.2, 0.25) is 0 Å². The number of nitrogens with zero attached hydrogens (tertiary/aromatic N) is 1. The number of hydrogen-bond donors (Lipinski definition) is 1. The SMILES string of the molecule is Cl.Cl.O=C1O[C@]2(CCNC2)c2ccncc21. The number of ether oxygens (including phenoxy) is 1. The third-order valence-electron chi connectivity index (χ3n) is 2.94. The predicted octanol–water partition coefficient (Wildman–Crippen LogP) is 1.28. The lowest BCUT2D eigenvalue weighted by Gasteiger charge is -2.21. The van der Waals surface area contributed by atoms with Crippen LogP contribution in [0.25, 0.3) is 0 Å². The minimum Gasteiger partial charge on any atom is -0.449 e. The van der Waals surface area contributed by atoms with Gasteiger partial charge in [-0.15, -0.1) is 24.8 Å². The van der Waals surface area contributed by atoms with E-state index in [4.69, 9.17) is 4.74 Å². The molecule has 1 atom stereocenters. The lowest BCUT2D eigenvalue weighted by molar-refractivity contribution is 0.00164. The standard InChI is InChI=1S/C10H10N2O2.2ClH/c13-9-7-5-11-3-1-8(7)10(14-9)2-4-12-6-10;;/h1,3,5,12H,2,4,6H2;2*1H/t10-;;/m0../s1. The molecule has 0 saturated carbocycles. The van der Waals surface area contributed by atoms with Crippen molar-refractivity contribution in [2.45, 2.75) is 12.0 Å². The Kier molecular flexibility index (Phi) is 3.78. The van der Waals surface area contributed by atoms with E-state index in [1.807, 2.05) is 6.07 Å². The molecule has 1 aromatic rings. The molecule has 16 heavy (non-hydrogen) atoms. The van der Waals surface area contributed by atoms with Gasteiger partial charge in [-0.3, -0.25) is 4.98 Å². The smallest absolute Gasteiger partial charge is 0.341 e. The van der Waals surface area contributed by atoms with Crippen LogP contribution in [0.1, 0.15) is 22.3 Å². The van der Waals surface area contributed by atoms with Gasteiger partial charge in [0, 0.05) is 30.9 Å². The third-order valence-corrected chi connectivity index (χ3v) is 2.94. The first-order chi connectivity index (χ1) is 6.82. The molecule has 0 bridgehead atoms. The first-order valence-corrected chi connectivity index (χ1v) is 4.70. The van der Waals surface area contributed by atoms with Gasteiger partial charge in [0.25, 0.3) is 0 Å². The first kappa shape index (κ1) is 13.2. The Hall–Kier alpha value is -0.840. The first-order valence-electron chi connectivity index (χ1n) is 4.70. The molecule has 0 radical (unpaired) electrons. The largest absolute Gasteiger partial charge is 0.449 e. The fraction of sp³-hybridized carbons (Fsp3) is 0.400. The van der Waals surface area contributed by atoms with Crippen molar-refractivity contribution in [3.05, 3.63) is 29.6 Å². The minimum atomic E-state index is -0.407. The molecule has 0 aromatic carbocycles. The molecule has 0 aliphatic carbocycles. The van der Waals surface area contributed by atoms with Crippen LogP contribution in [0.15, 0.2) is 18.5 Å². The van der Waals surface area contributed by atoms with Crippen molar-refractivity contribution in [3.8, 4) is 0 Å². The van der Waals surface area contributed by atoms with E-state index < -0.39 is 5.60 Å². The number of esters is 1. The van der Waals surface area contributed by atoms with Crippen molar-refractivity contribution in [1.82, 2.24) is 10.3 Å². The van der Waals surface area contributed by atoms with Gasteiger partial charge in [-0.05, 0) is 12.6 Å². The molecule has 3 heterocycles. The summed E-state index contributed by atoms with van der Waals surface area (Å²) in [5.41, 5.74) is 1.20. The molecule has 88 valence electrons. The van der Waals surface area contributed by atoms with E-state index in [9.17, 15) is 4.79 Å². The van der Waals surface area contributed by atoms with Crippen molar-refractivity contribution >= 4 is 30.8 Å². The lowest BCUT2D eigenvalue weighted by Crippen LogP contribution is -2.28. The number of carbonyl (C=O) groups excluding carboxylic acids is 1. The number of rotatable bonds is 0. The van der Waals surface area contributed by atoms with Crippen molar-refractivity contribution in [1.29, 1.82) is 0 Å². The van der Waals surface area contributed by atoms with Gasteiger partial charge in [-0.1, -0.05) is 0 Å². The second-order valence-corrected chi connectivity index (χ2v) is 3.73. The quantitative estimate of drug-likeness (QED) is 0.716. The molecule has 6 heteroatoms. The number of nitrogens with one attached hydrogen (secondary N) is 1. The Morgan fingerprint density at radius 1 is 1.44 bits per heavy atom. The van der Waals surface area contributed by atoms with Crippen LogP contribution in [0.4, 0.5) is 0 Å². The lowest BCUT2D eigenvalue weighted by atomic mass is 9.93. The summed E-state index contributed by atoms with van der Waals surface area (Å²) in [6.45, 7) is 1.62. The Bertz CT molecular complexity index is 406. The van der Waals surface area contributed by atoms with E-state index in [0.717, 1.165) is 25.1 Å². The fourth-order valence-corrected chi connectivity index (χ4v) is 2.23. The number of fused-ring (bicyclic) bond motifs is 2. The van der Waals surface area contributed by atoms with Crippen molar-refractivity contribution in [2.75, 3.05) is 13.1 Å². The maximum Gasteiger partial charge on any atom is 0.341 e. The average Bonchev–Trinajstić information content (AvgIpc) is 2.77. The normalized spacial score (nSPS) is 25.6. The summed E-state index contributed by atoms with van der Waals surface area (Å²) in [6.07, 6.45) is 4.15. The Morgan fingerprint density at radius 2 is 2.25 bits per heavy atom. The summed E-state index contributed by atoms with van der Waals surface area (Å²) in [5.74, 6) is -0.239. The topological polar surface area (TPSA) is 51.2 Å². The molecule has 0 unspecified atom stereocenters. The molecule has 4 nitrogen and oxygen atoms in total. The van der Waals surface area contributed by atoms with E-state index in [0.29, 0.717) is 5.56 Å². The summed E-state index contributed by atoms with van der Waals surface area (Å²) < 4.78 is 5.44. The molecule has 3 rings (SSSR count). The molecule has 1 aromatic heterocycles. The van der Waals surface area contributed by atoms with Crippen LogP contribution in [0.2, 0.25) is 0 Å². The van der Waals surface area contributed by atoms with Crippen LogP contribution < -0.4 is 5.32 Å². The number of hydrogen-bond acceptors (Lipinski definition) is 4. The van der Waals surface area contributed by atoms with Crippen LogP contribution in [0, 0.1) is 0 Å². The molecule has 2 aliphatic rings. The van der Waals surface area contributed by atoms with E-state index >= 15 is 0 Å². The highest BCUT2D eigenvalue weighted by atomic mass is 35.5. The number of halogens is 2. The van der Waals surface area contributed by atoms with Crippen molar-refractivity contribution in [2.24, 2.45) is 0 Å². The molecule has 2 aliphatic heterocycles. The van der Waals surface area contributed by atoms with Gasteiger partial charge in [0.05, 0.1) is 5.56 Å². The van der Waals surface area contributed by atoms with E-state index in [1.54, 1.807) is 12.4 Å². The van der Waals surface area contributed by atoms with Gasteiger partial charge in [-0.25, -0.2) is 4.79 Å². The van der Waals surface area contributed by atoms with Crippen LogP contribution in [-0.2, 0) is 10.3 Å². The number of pyridine rings is 1. The second kappa shape index (κ2) is 4.57. The molecule has 1 saturated heterocycles. The summed E-state index contributed by atoms with van der Waals surface area (Å²) >= 11 is 0. The Morgan fingerprint density at radius 3 is 2.94 bits per heavy atom. The minimum absolute atomic E-state index is 0. The average molecular weight is 263 g/mol. The second-order valence-electron chi connectivity index (χ2n) is 3.73. The molecule has 0 amide bonds. The van der Waals surface area contributed by atoms with Crippen LogP contribution >= 0.6 is 24.8 Å². The van der Waals surface area contributed by atoms with E-state index in [1.165, 1.54) is 0 Å². The zero-order valence-corrected chi connectivity index (χ0v) is 10.1. The number of aromatic nitrogens is 1. The Balaban J connectivity index is 0.000000640. The van der Waals surface area contributed by atoms with Gasteiger partial charge >= 0.3 is 5.97 Å². The molecule has 1 N–H and O–H groups in total. The molecule has 1 spiro atoms. The zero-order valence-electron chi connectivity index (χ0n) is 8.43. The van der Waals surface area contributed by atoms with Crippen LogP contribution in [0.5, 0.6) is 0 Å². The predicted molar refractivity (Wildman–Crippen MR) is 63.3 cm³/mol. The van der Waals surface area contributed by atoms with Crippen LogP contribution in [-0.4, -0.2) is 24.0 Å². The highest BCUT2D eigenvalue weighted by Crippen LogP contribution is 2.40. The van der Waals surface area contributed by atoms with Crippen molar-refractivity contribution in [3.63, 3.8) is 0 Å². The maximum atomic E-state index is 11.5. The van der Waals surface area contributed by atoms with Crippen molar-refractivity contribution < 1.29 is 9.53 Å². The molecule has 1 fully saturated rings. The fourth-order valence-electron chi connectivity index (χ4n) is 2.23. The zero-order chi connectivity index (χ0) is 9.60. The van der Waals surface area contributed by atoms with Gasteiger partial charge in [0.15, 0.2) is 5.60 Å². The van der Waals surface area contributed by atoms with E-state index in [2.05, 4.69) is 10.3 Å². The number of carbonyl (C=O) groups is 1. The van der Waals surface area contributed by atoms with E-state index in [-0.39, 0.29) is 30.8 Å². The van der Waals surface area contributed by atoms with Gasteiger partial charge < -0.3 is 10.1 Å². The van der Waals surface area contributed by atoms with Gasteiger partial charge in [0.1, 0.15) is 0 Å². The monoisotopic (exact) mass is 262 g/mol. The molecular formula is C10H12Cl2N2O2. The third kappa shape index (κ3) is 1.67. The summed E-state index contributed by atoms with van der Waals surface area (Å²) in [4.78, 5) is 15.5. The summed E-state index contributed by atoms with van der Waals surface area (Å²) in [6, 6.07) is 1.88. The highest BCUT2D eigenvalue weighted by molar-refractivity contribution is 5.94. The Labute approximate surface area is 106 Å². The van der Waals surface area contributed by atoms with Gasteiger partial charge in [-0.2, -0.15) is 0 Å². The van der Waals surface area contributed by atoms with Crippen LogP contribution in [0.3, 0.4) is 0 Å². The summed E-state index contributed by atoms with van der Waals surface area (Å²) in [7, 11) is 0.